The SMILES string of the molecule is COc1cc(C#Cc2nc(C3CCN(C(=O)O)C3Cc3ccccc3)n3ccnc(N)c23)cc(OC)c1. The van der Waals surface area contributed by atoms with Crippen LogP contribution in [0.5, 0.6) is 11.5 Å². The summed E-state index contributed by atoms with van der Waals surface area (Å²) >= 11 is 0. The predicted octanol–water partition coefficient (Wildman–Crippen LogP) is 3.81. The molecule has 2 unspecified atom stereocenters. The summed E-state index contributed by atoms with van der Waals surface area (Å²) in [6, 6.07) is 15.0. The van der Waals surface area contributed by atoms with E-state index in [0.29, 0.717) is 53.5 Å². The van der Waals surface area contributed by atoms with Gasteiger partial charge in [-0.25, -0.2) is 14.8 Å². The second kappa shape index (κ2) is 10.1. The van der Waals surface area contributed by atoms with Crippen molar-refractivity contribution in [2.75, 3.05) is 26.5 Å². The molecule has 0 spiro atoms. The third-order valence-corrected chi connectivity index (χ3v) is 6.70. The molecule has 3 heterocycles. The minimum atomic E-state index is -0.933. The van der Waals surface area contributed by atoms with Crippen LogP contribution in [-0.4, -0.2) is 57.3 Å². The van der Waals surface area contributed by atoms with Gasteiger partial charge in [-0.15, -0.1) is 0 Å². The van der Waals surface area contributed by atoms with E-state index in [-0.39, 0.29) is 12.0 Å². The van der Waals surface area contributed by atoms with Crippen LogP contribution in [0, 0.1) is 11.8 Å². The highest BCUT2D eigenvalue weighted by molar-refractivity contribution is 5.74. The fourth-order valence-corrected chi connectivity index (χ4v) is 4.95. The second-order valence-corrected chi connectivity index (χ2v) is 8.83. The summed E-state index contributed by atoms with van der Waals surface area (Å²) in [6.07, 6.45) is 3.71. The first-order valence-electron chi connectivity index (χ1n) is 11.9. The maximum Gasteiger partial charge on any atom is 0.407 e. The topological polar surface area (TPSA) is 115 Å². The Labute approximate surface area is 214 Å². The van der Waals surface area contributed by atoms with Crippen LogP contribution >= 0.6 is 0 Å². The minimum absolute atomic E-state index is 0.141. The third-order valence-electron chi connectivity index (χ3n) is 6.70. The lowest BCUT2D eigenvalue weighted by molar-refractivity contribution is 0.138. The summed E-state index contributed by atoms with van der Waals surface area (Å²) in [6.45, 7) is 0.428. The maximum atomic E-state index is 12.1. The molecule has 188 valence electrons. The van der Waals surface area contributed by atoms with Crippen LogP contribution in [0.2, 0.25) is 0 Å². The lowest BCUT2D eigenvalue weighted by Gasteiger charge is -2.25. The van der Waals surface area contributed by atoms with Gasteiger partial charge in [-0.05, 0) is 36.5 Å². The Balaban J connectivity index is 1.58. The Morgan fingerprint density at radius 1 is 1.14 bits per heavy atom. The van der Waals surface area contributed by atoms with Crippen molar-refractivity contribution in [2.45, 2.75) is 24.8 Å². The quantitative estimate of drug-likeness (QED) is 0.403. The van der Waals surface area contributed by atoms with Crippen LogP contribution in [0.15, 0.2) is 60.9 Å². The Kier molecular flexibility index (Phi) is 6.56. The van der Waals surface area contributed by atoms with Crippen LogP contribution in [0.25, 0.3) is 5.52 Å². The first-order chi connectivity index (χ1) is 18.0. The smallest absolute Gasteiger partial charge is 0.407 e. The van der Waals surface area contributed by atoms with Crippen molar-refractivity contribution in [1.82, 2.24) is 19.3 Å². The van der Waals surface area contributed by atoms with E-state index in [9.17, 15) is 9.90 Å². The zero-order valence-corrected chi connectivity index (χ0v) is 20.6. The average molecular weight is 498 g/mol. The van der Waals surface area contributed by atoms with Crippen molar-refractivity contribution in [3.05, 3.63) is 83.6 Å². The molecule has 1 amide bonds. The molecule has 2 aromatic heterocycles. The molecule has 2 aromatic carbocycles. The van der Waals surface area contributed by atoms with E-state index in [2.05, 4.69) is 16.8 Å². The summed E-state index contributed by atoms with van der Waals surface area (Å²) in [7, 11) is 3.17. The van der Waals surface area contributed by atoms with Crippen molar-refractivity contribution < 1.29 is 19.4 Å². The zero-order valence-electron chi connectivity index (χ0n) is 20.6. The summed E-state index contributed by atoms with van der Waals surface area (Å²) in [5.41, 5.74) is 9.13. The van der Waals surface area contributed by atoms with Crippen molar-refractivity contribution >= 4 is 17.4 Å². The summed E-state index contributed by atoms with van der Waals surface area (Å²) < 4.78 is 12.6. The number of nitrogens with two attached hydrogens (primary N) is 1. The molecule has 0 bridgehead atoms. The van der Waals surface area contributed by atoms with Crippen LogP contribution in [0.4, 0.5) is 10.6 Å². The molecule has 1 saturated heterocycles. The molecule has 1 aliphatic rings. The van der Waals surface area contributed by atoms with Gasteiger partial charge in [-0.3, -0.25) is 4.40 Å². The van der Waals surface area contributed by atoms with E-state index >= 15 is 0 Å². The fourth-order valence-electron chi connectivity index (χ4n) is 4.95. The number of methoxy groups -OCH3 is 2. The van der Waals surface area contributed by atoms with Crippen molar-refractivity contribution in [3.63, 3.8) is 0 Å². The standard InChI is InChI=1S/C28H27N5O4/c1-36-20-14-19(15-21(17-20)37-2)8-9-23-25-26(29)30-11-13-33(25)27(31-23)22-10-12-32(28(34)35)24(22)16-18-6-4-3-5-7-18/h3-7,11,13-15,17,22,24H,10,12,16H2,1-2H3,(H2,29,30)(H,34,35). The number of nitrogen functional groups attached to an aromatic ring is 1. The van der Waals surface area contributed by atoms with Gasteiger partial charge in [-0.1, -0.05) is 36.3 Å². The predicted molar refractivity (Wildman–Crippen MR) is 139 cm³/mol. The zero-order chi connectivity index (χ0) is 25.9. The van der Waals surface area contributed by atoms with Gasteiger partial charge in [0.15, 0.2) is 5.82 Å². The van der Waals surface area contributed by atoms with E-state index in [1.165, 1.54) is 4.90 Å². The normalized spacial score (nSPS) is 16.9. The number of carboxylic acid groups (broad SMARTS) is 1. The highest BCUT2D eigenvalue weighted by Crippen LogP contribution is 2.36. The van der Waals surface area contributed by atoms with Crippen LogP contribution in [0.3, 0.4) is 0 Å². The lowest BCUT2D eigenvalue weighted by atomic mass is 9.93. The highest BCUT2D eigenvalue weighted by Gasteiger charge is 2.40. The summed E-state index contributed by atoms with van der Waals surface area (Å²) in [5.74, 6) is 8.43. The number of imidazole rings is 1. The highest BCUT2D eigenvalue weighted by atomic mass is 16.5. The molecule has 5 rings (SSSR count). The number of carbonyl (C=O) groups is 1. The maximum absolute atomic E-state index is 12.1. The molecular weight excluding hydrogens is 470 g/mol. The minimum Gasteiger partial charge on any atom is -0.497 e. The molecule has 2 atom stereocenters. The molecule has 9 nitrogen and oxygen atoms in total. The number of rotatable bonds is 5. The number of benzene rings is 2. The second-order valence-electron chi connectivity index (χ2n) is 8.83. The van der Waals surface area contributed by atoms with Gasteiger partial charge in [0.05, 0.1) is 14.2 Å². The van der Waals surface area contributed by atoms with Crippen LogP contribution in [0.1, 0.15) is 35.0 Å². The van der Waals surface area contributed by atoms with Gasteiger partial charge in [0.25, 0.3) is 0 Å². The number of ether oxygens (including phenoxy) is 2. The molecule has 0 aliphatic carbocycles. The number of fused-ring (bicyclic) bond motifs is 1. The molecule has 37 heavy (non-hydrogen) atoms. The van der Waals surface area contributed by atoms with E-state index in [0.717, 1.165) is 11.4 Å². The Morgan fingerprint density at radius 3 is 2.54 bits per heavy atom. The fraction of sp³-hybridized carbons (Fsp3) is 0.250. The van der Waals surface area contributed by atoms with Gasteiger partial charge < -0.3 is 25.2 Å². The third kappa shape index (κ3) is 4.74. The molecule has 3 N–H and O–H groups in total. The molecular formula is C28H27N5O4. The Bertz CT molecular complexity index is 1480. The van der Waals surface area contributed by atoms with E-state index in [1.54, 1.807) is 32.7 Å². The molecule has 1 aliphatic heterocycles. The van der Waals surface area contributed by atoms with Crippen molar-refractivity contribution in [2.24, 2.45) is 0 Å². The first-order valence-corrected chi connectivity index (χ1v) is 11.9. The average Bonchev–Trinajstić information content (AvgIpc) is 3.49. The van der Waals surface area contributed by atoms with E-state index in [1.807, 2.05) is 46.9 Å². The number of hydrogen-bond acceptors (Lipinski definition) is 6. The van der Waals surface area contributed by atoms with Gasteiger partial charge in [0.1, 0.15) is 28.5 Å². The molecule has 0 saturated carbocycles. The lowest BCUT2D eigenvalue weighted by Crippen LogP contribution is -2.38. The van der Waals surface area contributed by atoms with Crippen molar-refractivity contribution in [1.29, 1.82) is 0 Å². The largest absolute Gasteiger partial charge is 0.497 e. The number of amides is 1. The number of likely N-dealkylation sites (tertiary alicyclic amines) is 1. The van der Waals surface area contributed by atoms with Crippen LogP contribution < -0.4 is 15.2 Å². The summed E-state index contributed by atoms with van der Waals surface area (Å²) in [5, 5.41) is 9.91. The van der Waals surface area contributed by atoms with Crippen LogP contribution in [-0.2, 0) is 6.42 Å². The molecule has 9 heteroatoms. The number of hydrogen-bond donors (Lipinski definition) is 2. The van der Waals surface area contributed by atoms with E-state index < -0.39 is 6.09 Å². The molecule has 0 radical (unpaired) electrons. The van der Waals surface area contributed by atoms with Gasteiger partial charge in [0.2, 0.25) is 0 Å². The number of anilines is 1. The van der Waals surface area contributed by atoms with Crippen molar-refractivity contribution in [3.8, 4) is 23.3 Å². The Hall–Kier alpha value is -4.71. The van der Waals surface area contributed by atoms with Gasteiger partial charge in [-0.2, -0.15) is 0 Å². The van der Waals surface area contributed by atoms with Gasteiger partial charge >= 0.3 is 6.09 Å². The first kappa shape index (κ1) is 24.0. The van der Waals surface area contributed by atoms with E-state index in [4.69, 9.17) is 20.2 Å². The number of aromatic nitrogens is 3. The number of nitrogens with zero attached hydrogens (tertiary/aromatic N) is 4. The monoisotopic (exact) mass is 497 g/mol. The molecule has 4 aromatic rings. The molecule has 1 fully saturated rings. The van der Waals surface area contributed by atoms with Gasteiger partial charge in [0, 0.05) is 42.5 Å². The Morgan fingerprint density at radius 2 is 1.86 bits per heavy atom. The summed E-state index contributed by atoms with van der Waals surface area (Å²) in [4.78, 5) is 22.8.